The second-order valence-corrected chi connectivity index (χ2v) is 7.88. The molecule has 2 aromatic heterocycles. The lowest BCUT2D eigenvalue weighted by molar-refractivity contribution is 0.225. The van der Waals surface area contributed by atoms with Gasteiger partial charge in [0.2, 0.25) is 0 Å². The van der Waals surface area contributed by atoms with Gasteiger partial charge in [0.15, 0.2) is 0 Å². The van der Waals surface area contributed by atoms with Crippen LogP contribution in [-0.2, 0) is 5.41 Å². The fourth-order valence-corrected chi connectivity index (χ4v) is 4.82. The van der Waals surface area contributed by atoms with Crippen molar-refractivity contribution in [1.29, 1.82) is 0 Å². The Labute approximate surface area is 139 Å². The van der Waals surface area contributed by atoms with Crippen molar-refractivity contribution < 1.29 is 4.39 Å². The first kappa shape index (κ1) is 14.1. The molecule has 1 aromatic carbocycles. The lowest BCUT2D eigenvalue weighted by Gasteiger charge is -2.34. The van der Waals surface area contributed by atoms with Gasteiger partial charge in [-0.1, -0.05) is 20.8 Å². The molecule has 0 spiro atoms. The van der Waals surface area contributed by atoms with E-state index in [1.54, 1.807) is 12.1 Å². The van der Waals surface area contributed by atoms with Crippen LogP contribution in [0.15, 0.2) is 30.5 Å². The minimum absolute atomic E-state index is 0.0853. The van der Waals surface area contributed by atoms with Crippen molar-refractivity contribution in [1.82, 2.24) is 19.6 Å². The lowest BCUT2D eigenvalue weighted by Crippen LogP contribution is -2.32. The van der Waals surface area contributed by atoms with Gasteiger partial charge in [0, 0.05) is 23.1 Å². The van der Waals surface area contributed by atoms with Crippen LogP contribution in [-0.4, -0.2) is 19.6 Å². The van der Waals surface area contributed by atoms with E-state index in [-0.39, 0.29) is 16.6 Å². The third kappa shape index (κ3) is 1.50. The Morgan fingerprint density at radius 2 is 1.88 bits per heavy atom. The Morgan fingerprint density at radius 1 is 1.12 bits per heavy atom. The molecule has 0 aliphatic heterocycles. The molecule has 5 heteroatoms. The van der Waals surface area contributed by atoms with Crippen molar-refractivity contribution in [3.8, 4) is 11.3 Å². The molecular formula is C19H19FN4. The van der Waals surface area contributed by atoms with E-state index in [0.717, 1.165) is 17.0 Å². The molecule has 2 aliphatic rings. The van der Waals surface area contributed by atoms with E-state index >= 15 is 0 Å². The van der Waals surface area contributed by atoms with Crippen LogP contribution in [0.4, 0.5) is 4.39 Å². The fourth-order valence-electron chi connectivity index (χ4n) is 4.82. The van der Waals surface area contributed by atoms with E-state index < -0.39 is 0 Å². The Bertz CT molecular complexity index is 973. The lowest BCUT2D eigenvalue weighted by atomic mass is 9.70. The highest BCUT2D eigenvalue weighted by Gasteiger charge is 2.61. The number of nitrogens with zero attached hydrogens (tertiary/aromatic N) is 4. The van der Waals surface area contributed by atoms with Crippen LogP contribution in [0.25, 0.3) is 17.0 Å². The fraction of sp³-hybridized carbons (Fsp3) is 0.421. The second-order valence-electron chi connectivity index (χ2n) is 7.88. The van der Waals surface area contributed by atoms with Crippen LogP contribution in [0, 0.1) is 11.2 Å². The Morgan fingerprint density at radius 3 is 2.62 bits per heavy atom. The van der Waals surface area contributed by atoms with Gasteiger partial charge >= 0.3 is 0 Å². The molecule has 0 unspecified atom stereocenters. The summed E-state index contributed by atoms with van der Waals surface area (Å²) in [5, 5.41) is 8.90. The summed E-state index contributed by atoms with van der Waals surface area (Å²) in [6.45, 7) is 7.03. The molecule has 0 radical (unpaired) electrons. The smallest absolute Gasteiger partial charge is 0.254 e. The third-order valence-electron chi connectivity index (χ3n) is 6.64. The van der Waals surface area contributed by atoms with E-state index in [1.165, 1.54) is 30.7 Å². The first-order chi connectivity index (χ1) is 11.4. The predicted octanol–water partition coefficient (Wildman–Crippen LogP) is 4.11. The summed E-state index contributed by atoms with van der Waals surface area (Å²) in [5.74, 6) is 0.846. The van der Waals surface area contributed by atoms with E-state index in [0.29, 0.717) is 11.7 Å². The van der Waals surface area contributed by atoms with Gasteiger partial charge in [0.1, 0.15) is 5.82 Å². The average molecular weight is 322 g/mol. The van der Waals surface area contributed by atoms with E-state index in [2.05, 4.69) is 40.4 Å². The third-order valence-corrected chi connectivity index (χ3v) is 6.64. The van der Waals surface area contributed by atoms with Crippen molar-refractivity contribution in [2.75, 3.05) is 0 Å². The number of fused-ring (bicyclic) bond motifs is 7. The molecule has 2 heterocycles. The molecule has 122 valence electrons. The topological polar surface area (TPSA) is 43.1 Å². The van der Waals surface area contributed by atoms with Gasteiger partial charge in [-0.15, -0.1) is 10.2 Å². The number of benzene rings is 1. The Balaban J connectivity index is 1.76. The van der Waals surface area contributed by atoms with Gasteiger partial charge in [-0.3, -0.25) is 4.40 Å². The minimum Gasteiger partial charge on any atom is -0.284 e. The first-order valence-corrected chi connectivity index (χ1v) is 8.44. The molecule has 4 nitrogen and oxygen atoms in total. The number of imidazole rings is 1. The first-order valence-electron chi connectivity index (χ1n) is 8.44. The van der Waals surface area contributed by atoms with Gasteiger partial charge < -0.3 is 0 Å². The van der Waals surface area contributed by atoms with E-state index in [9.17, 15) is 4.39 Å². The Hall–Kier alpha value is -2.30. The largest absolute Gasteiger partial charge is 0.284 e. The van der Waals surface area contributed by atoms with Gasteiger partial charge in [-0.05, 0) is 42.5 Å². The molecule has 5 rings (SSSR count). The number of hydrogen-bond acceptors (Lipinski definition) is 3. The molecule has 2 aliphatic carbocycles. The zero-order valence-electron chi connectivity index (χ0n) is 14.0. The van der Waals surface area contributed by atoms with Gasteiger partial charge in [0.05, 0.1) is 17.1 Å². The molecule has 0 amide bonds. The summed E-state index contributed by atoms with van der Waals surface area (Å²) < 4.78 is 15.3. The Kier molecular flexibility index (Phi) is 2.47. The maximum Gasteiger partial charge on any atom is 0.254 e. The molecule has 2 bridgehead atoms. The molecule has 0 N–H and O–H groups in total. The monoisotopic (exact) mass is 322 g/mol. The molecule has 0 saturated heterocycles. The number of hydrogen-bond donors (Lipinski definition) is 0. The van der Waals surface area contributed by atoms with Crippen molar-refractivity contribution in [2.24, 2.45) is 5.41 Å². The van der Waals surface area contributed by atoms with Crippen LogP contribution in [0.3, 0.4) is 0 Å². The summed E-state index contributed by atoms with van der Waals surface area (Å²) >= 11 is 0. The van der Waals surface area contributed by atoms with Crippen LogP contribution in [0.1, 0.15) is 50.9 Å². The van der Waals surface area contributed by atoms with Crippen molar-refractivity contribution in [3.05, 3.63) is 47.7 Å². The quantitative estimate of drug-likeness (QED) is 0.677. The predicted molar refractivity (Wildman–Crippen MR) is 89.3 cm³/mol. The average Bonchev–Trinajstić information content (AvgIpc) is 3.13. The van der Waals surface area contributed by atoms with Crippen molar-refractivity contribution >= 4 is 5.78 Å². The maximum absolute atomic E-state index is 13.2. The zero-order chi connectivity index (χ0) is 16.7. The highest BCUT2D eigenvalue weighted by molar-refractivity contribution is 5.62. The van der Waals surface area contributed by atoms with Crippen LogP contribution in [0.5, 0.6) is 0 Å². The standard InChI is InChI=1S/C19H19FN4/c1-18(2)13-8-9-19(18,3)16-15(13)22-23-17-21-14(10-24(16)17)11-4-6-12(20)7-5-11/h4-7,10,13H,8-9H2,1-3H3/t13-,19+/m0/s1. The molecular weight excluding hydrogens is 303 g/mol. The summed E-state index contributed by atoms with van der Waals surface area (Å²) in [7, 11) is 0. The van der Waals surface area contributed by atoms with Gasteiger partial charge in [-0.25, -0.2) is 9.37 Å². The van der Waals surface area contributed by atoms with Crippen LogP contribution in [0.2, 0.25) is 0 Å². The summed E-state index contributed by atoms with van der Waals surface area (Å²) in [6, 6.07) is 6.43. The van der Waals surface area contributed by atoms with Crippen LogP contribution < -0.4 is 0 Å². The summed E-state index contributed by atoms with van der Waals surface area (Å²) in [6.07, 6.45) is 4.37. The molecule has 2 atom stereocenters. The highest BCUT2D eigenvalue weighted by Crippen LogP contribution is 2.66. The number of rotatable bonds is 1. The second kappa shape index (κ2) is 4.21. The SMILES string of the molecule is CC1(C)[C@H]2CC[C@]1(C)c1c2nnc2nc(-c3ccc(F)cc3)cn12. The number of aromatic nitrogens is 4. The molecule has 1 saturated carbocycles. The molecule has 24 heavy (non-hydrogen) atoms. The number of halogens is 1. The van der Waals surface area contributed by atoms with Crippen molar-refractivity contribution in [2.45, 2.75) is 44.9 Å². The summed E-state index contributed by atoms with van der Waals surface area (Å²) in [5.41, 5.74) is 4.35. The van der Waals surface area contributed by atoms with Crippen molar-refractivity contribution in [3.63, 3.8) is 0 Å². The van der Waals surface area contributed by atoms with Gasteiger partial charge in [0.25, 0.3) is 5.78 Å². The van der Waals surface area contributed by atoms with E-state index in [1.807, 2.05) is 6.20 Å². The maximum atomic E-state index is 13.2. The molecule has 3 aromatic rings. The normalized spacial score (nSPS) is 26.9. The zero-order valence-corrected chi connectivity index (χ0v) is 14.0. The summed E-state index contributed by atoms with van der Waals surface area (Å²) in [4.78, 5) is 4.62. The minimum atomic E-state index is -0.241. The van der Waals surface area contributed by atoms with E-state index in [4.69, 9.17) is 0 Å². The van der Waals surface area contributed by atoms with Crippen LogP contribution >= 0.6 is 0 Å². The molecule has 1 fully saturated rings. The highest BCUT2D eigenvalue weighted by atomic mass is 19.1. The van der Waals surface area contributed by atoms with Gasteiger partial charge in [-0.2, -0.15) is 0 Å².